The summed E-state index contributed by atoms with van der Waals surface area (Å²) in [7, 11) is 0. The van der Waals surface area contributed by atoms with Crippen molar-refractivity contribution in [3.05, 3.63) is 58.3 Å². The quantitative estimate of drug-likeness (QED) is 0.811. The van der Waals surface area contributed by atoms with Gasteiger partial charge in [-0.05, 0) is 37.3 Å². The molecule has 108 valence electrons. The normalized spacial score (nSPS) is 11.7. The van der Waals surface area contributed by atoms with Crippen LogP contribution in [0.5, 0.6) is 5.75 Å². The molecule has 0 amide bonds. The molecule has 4 heteroatoms. The zero-order valence-corrected chi connectivity index (χ0v) is 13.4. The smallest absolute Gasteiger partial charge is 0.148 e. The first kappa shape index (κ1) is 15.6. The lowest BCUT2D eigenvalue weighted by atomic mass is 10.1. The van der Waals surface area contributed by atoms with Gasteiger partial charge in [-0.3, -0.25) is 4.98 Å². The number of hydrogen-bond acceptors (Lipinski definition) is 3. The predicted octanol–water partition coefficient (Wildman–Crippen LogP) is 3.71. The van der Waals surface area contributed by atoms with Crippen molar-refractivity contribution < 1.29 is 4.74 Å². The average molecular weight is 345 g/mol. The van der Waals surface area contributed by atoms with Gasteiger partial charge in [0.1, 0.15) is 12.4 Å². The second-order valence-electron chi connectivity index (χ2n) is 4.60. The van der Waals surface area contributed by atoms with E-state index in [1.165, 1.54) is 0 Å². The highest BCUT2D eigenvalue weighted by atomic mass is 79.9. The summed E-state index contributed by atoms with van der Waals surface area (Å²) in [5.74, 6) is 3.29. The molecule has 1 aromatic heterocycles. The Hall–Kier alpha value is -1.83. The molecule has 2 rings (SSSR count). The van der Waals surface area contributed by atoms with Crippen LogP contribution in [0.25, 0.3) is 0 Å². The molecule has 0 aliphatic heterocycles. The largest absolute Gasteiger partial charge is 0.481 e. The maximum Gasteiger partial charge on any atom is 0.148 e. The minimum absolute atomic E-state index is 0.158. The van der Waals surface area contributed by atoms with Crippen molar-refractivity contribution >= 4 is 15.9 Å². The Kier molecular flexibility index (Phi) is 5.79. The van der Waals surface area contributed by atoms with Crippen LogP contribution in [0.1, 0.15) is 24.2 Å². The molecule has 1 N–H and O–H groups in total. The first-order valence-electron chi connectivity index (χ1n) is 6.69. The van der Waals surface area contributed by atoms with Gasteiger partial charge < -0.3 is 10.1 Å². The number of terminal acetylenes is 1. The Balaban J connectivity index is 2.05. The van der Waals surface area contributed by atoms with Crippen LogP contribution in [0.4, 0.5) is 0 Å². The van der Waals surface area contributed by atoms with Gasteiger partial charge in [0.05, 0.1) is 5.69 Å². The van der Waals surface area contributed by atoms with Gasteiger partial charge in [-0.15, -0.1) is 6.42 Å². The zero-order valence-electron chi connectivity index (χ0n) is 11.8. The van der Waals surface area contributed by atoms with E-state index in [9.17, 15) is 0 Å². The summed E-state index contributed by atoms with van der Waals surface area (Å²) >= 11 is 3.48. The maximum absolute atomic E-state index is 5.57. The molecule has 1 aromatic carbocycles. The highest BCUT2D eigenvalue weighted by Crippen LogP contribution is 2.24. The fourth-order valence-electron chi connectivity index (χ4n) is 1.95. The number of nitrogens with one attached hydrogen (secondary N) is 1. The van der Waals surface area contributed by atoms with Gasteiger partial charge in [-0.1, -0.05) is 27.9 Å². The van der Waals surface area contributed by atoms with Crippen LogP contribution < -0.4 is 10.1 Å². The van der Waals surface area contributed by atoms with E-state index in [0.717, 1.165) is 21.5 Å². The molecule has 0 saturated carbocycles. The SMILES string of the molecule is C#CCOc1ccc(Br)cc1CN[C@@H](C)c1ccccn1. The molecule has 1 atom stereocenters. The first-order chi connectivity index (χ1) is 10.2. The Morgan fingerprint density at radius 2 is 2.24 bits per heavy atom. The summed E-state index contributed by atoms with van der Waals surface area (Å²) in [6, 6.07) is 12.0. The maximum atomic E-state index is 5.57. The van der Waals surface area contributed by atoms with E-state index >= 15 is 0 Å². The van der Waals surface area contributed by atoms with Crippen LogP contribution in [-0.4, -0.2) is 11.6 Å². The molecule has 0 saturated heterocycles. The second kappa shape index (κ2) is 7.82. The summed E-state index contributed by atoms with van der Waals surface area (Å²) in [5.41, 5.74) is 2.07. The molecule has 0 bridgehead atoms. The number of rotatable bonds is 6. The molecule has 1 heterocycles. The van der Waals surface area contributed by atoms with Gasteiger partial charge in [0.25, 0.3) is 0 Å². The van der Waals surface area contributed by atoms with Gasteiger partial charge in [-0.2, -0.15) is 0 Å². The van der Waals surface area contributed by atoms with Crippen molar-refractivity contribution in [3.8, 4) is 18.1 Å². The van der Waals surface area contributed by atoms with Crippen molar-refractivity contribution in [2.45, 2.75) is 19.5 Å². The molecule has 21 heavy (non-hydrogen) atoms. The molecule has 0 unspecified atom stereocenters. The highest BCUT2D eigenvalue weighted by Gasteiger charge is 2.09. The lowest BCUT2D eigenvalue weighted by Gasteiger charge is -2.15. The number of halogens is 1. The summed E-state index contributed by atoms with van der Waals surface area (Å²) in [5, 5.41) is 3.44. The van der Waals surface area contributed by atoms with Crippen LogP contribution in [0.2, 0.25) is 0 Å². The fourth-order valence-corrected chi connectivity index (χ4v) is 2.35. The van der Waals surface area contributed by atoms with Crippen LogP contribution >= 0.6 is 15.9 Å². The van der Waals surface area contributed by atoms with E-state index < -0.39 is 0 Å². The van der Waals surface area contributed by atoms with Crippen molar-refractivity contribution in [1.82, 2.24) is 10.3 Å². The lowest BCUT2D eigenvalue weighted by molar-refractivity contribution is 0.363. The molecule has 0 spiro atoms. The van der Waals surface area contributed by atoms with Gasteiger partial charge >= 0.3 is 0 Å². The Bertz CT molecular complexity index is 622. The molecular weight excluding hydrogens is 328 g/mol. The predicted molar refractivity (Wildman–Crippen MR) is 88.0 cm³/mol. The summed E-state index contributed by atoms with van der Waals surface area (Å²) in [4.78, 5) is 4.35. The standard InChI is InChI=1S/C17H17BrN2O/c1-3-10-21-17-8-7-15(18)11-14(17)12-20-13(2)16-6-4-5-9-19-16/h1,4-9,11,13,20H,10,12H2,2H3/t13-/m0/s1. The zero-order chi connectivity index (χ0) is 15.1. The fraction of sp³-hybridized carbons (Fsp3) is 0.235. The van der Waals surface area contributed by atoms with E-state index in [4.69, 9.17) is 11.2 Å². The topological polar surface area (TPSA) is 34.1 Å². The molecule has 0 aliphatic rings. The number of aromatic nitrogens is 1. The van der Waals surface area contributed by atoms with Crippen molar-refractivity contribution in [2.24, 2.45) is 0 Å². The van der Waals surface area contributed by atoms with Crippen molar-refractivity contribution in [3.63, 3.8) is 0 Å². The third-order valence-corrected chi connectivity index (χ3v) is 3.56. The van der Waals surface area contributed by atoms with E-state index in [0.29, 0.717) is 6.54 Å². The Morgan fingerprint density at radius 1 is 1.38 bits per heavy atom. The molecular formula is C17H17BrN2O. The van der Waals surface area contributed by atoms with E-state index in [1.54, 1.807) is 6.20 Å². The van der Waals surface area contributed by atoms with Gasteiger partial charge in [0.15, 0.2) is 0 Å². The monoisotopic (exact) mass is 344 g/mol. The molecule has 0 radical (unpaired) electrons. The third kappa shape index (κ3) is 4.59. The number of nitrogens with zero attached hydrogens (tertiary/aromatic N) is 1. The molecule has 0 aliphatic carbocycles. The number of pyridine rings is 1. The Labute approximate surface area is 133 Å². The Morgan fingerprint density at radius 3 is 2.95 bits per heavy atom. The summed E-state index contributed by atoms with van der Waals surface area (Å²) in [6.45, 7) is 3.03. The van der Waals surface area contributed by atoms with Crippen LogP contribution in [-0.2, 0) is 6.54 Å². The van der Waals surface area contributed by atoms with E-state index in [-0.39, 0.29) is 12.6 Å². The van der Waals surface area contributed by atoms with Crippen LogP contribution in [0.3, 0.4) is 0 Å². The summed E-state index contributed by atoms with van der Waals surface area (Å²) in [6.07, 6.45) is 7.05. The van der Waals surface area contributed by atoms with Crippen LogP contribution in [0.15, 0.2) is 47.1 Å². The number of ether oxygens (including phenoxy) is 1. The number of hydrogen-bond donors (Lipinski definition) is 1. The average Bonchev–Trinajstić information content (AvgIpc) is 2.52. The van der Waals surface area contributed by atoms with Gasteiger partial charge in [0, 0.05) is 28.8 Å². The highest BCUT2D eigenvalue weighted by molar-refractivity contribution is 9.10. The first-order valence-corrected chi connectivity index (χ1v) is 7.49. The van der Waals surface area contributed by atoms with E-state index in [1.807, 2.05) is 36.4 Å². The van der Waals surface area contributed by atoms with Crippen LogP contribution in [0, 0.1) is 12.3 Å². The minimum Gasteiger partial charge on any atom is -0.481 e. The minimum atomic E-state index is 0.158. The lowest BCUT2D eigenvalue weighted by Crippen LogP contribution is -2.19. The second-order valence-corrected chi connectivity index (χ2v) is 5.52. The molecule has 3 nitrogen and oxygen atoms in total. The molecule has 2 aromatic rings. The van der Waals surface area contributed by atoms with Gasteiger partial charge in [0.2, 0.25) is 0 Å². The third-order valence-electron chi connectivity index (χ3n) is 3.06. The van der Waals surface area contributed by atoms with Crippen molar-refractivity contribution in [2.75, 3.05) is 6.61 Å². The van der Waals surface area contributed by atoms with E-state index in [2.05, 4.69) is 39.1 Å². The summed E-state index contributed by atoms with van der Waals surface area (Å²) < 4.78 is 6.58. The number of benzene rings is 1. The van der Waals surface area contributed by atoms with Gasteiger partial charge in [-0.25, -0.2) is 0 Å². The van der Waals surface area contributed by atoms with Crippen molar-refractivity contribution in [1.29, 1.82) is 0 Å². The molecule has 0 fully saturated rings.